The van der Waals surface area contributed by atoms with E-state index in [9.17, 15) is 9.59 Å². The van der Waals surface area contributed by atoms with Gasteiger partial charge in [0.25, 0.3) is 0 Å². The molecule has 1 atom stereocenters. The summed E-state index contributed by atoms with van der Waals surface area (Å²) in [6.45, 7) is 7.31. The van der Waals surface area contributed by atoms with Gasteiger partial charge in [0.05, 0.1) is 0 Å². The van der Waals surface area contributed by atoms with Gasteiger partial charge in [-0.05, 0) is 44.9 Å². The lowest BCUT2D eigenvalue weighted by atomic mass is 9.94. The van der Waals surface area contributed by atoms with E-state index in [1.807, 2.05) is 19.1 Å². The molecule has 1 heterocycles. The van der Waals surface area contributed by atoms with Crippen molar-refractivity contribution in [2.24, 2.45) is 5.92 Å². The molecule has 108 valence electrons. The van der Waals surface area contributed by atoms with Crippen LogP contribution in [0.25, 0.3) is 0 Å². The van der Waals surface area contributed by atoms with Crippen LogP contribution in [0.2, 0.25) is 0 Å². The maximum absolute atomic E-state index is 11.7. The minimum Gasteiger partial charge on any atom is -0.444 e. The summed E-state index contributed by atoms with van der Waals surface area (Å²) in [7, 11) is 0. The number of amides is 2. The molecule has 2 N–H and O–H groups in total. The molecule has 20 heavy (non-hydrogen) atoms. The van der Waals surface area contributed by atoms with Gasteiger partial charge in [0.15, 0.2) is 0 Å². The van der Waals surface area contributed by atoms with Crippen molar-refractivity contribution in [3.05, 3.63) is 23.8 Å². The predicted molar refractivity (Wildman–Crippen MR) is 77.8 cm³/mol. The molecule has 0 bridgehead atoms. The third kappa shape index (κ3) is 3.50. The molecule has 5 nitrogen and oxygen atoms in total. The topological polar surface area (TPSA) is 67.4 Å². The van der Waals surface area contributed by atoms with Gasteiger partial charge in [0, 0.05) is 17.3 Å². The van der Waals surface area contributed by atoms with Crippen molar-refractivity contribution >= 4 is 23.4 Å². The van der Waals surface area contributed by atoms with E-state index in [4.69, 9.17) is 4.74 Å². The fourth-order valence-electron chi connectivity index (χ4n) is 2.05. The van der Waals surface area contributed by atoms with E-state index in [1.165, 1.54) is 0 Å². The summed E-state index contributed by atoms with van der Waals surface area (Å²) in [4.78, 5) is 23.3. The first-order valence-corrected chi connectivity index (χ1v) is 6.68. The van der Waals surface area contributed by atoms with Gasteiger partial charge in [-0.3, -0.25) is 10.1 Å². The predicted octanol–water partition coefficient (Wildman–Crippen LogP) is 3.16. The van der Waals surface area contributed by atoms with Crippen LogP contribution in [0.3, 0.4) is 0 Å². The number of nitrogens with one attached hydrogen (secondary N) is 2. The molecular formula is C15H20N2O3. The second kappa shape index (κ2) is 5.15. The van der Waals surface area contributed by atoms with Crippen LogP contribution < -0.4 is 10.6 Å². The highest BCUT2D eigenvalue weighted by atomic mass is 16.6. The number of hydrogen-bond donors (Lipinski definition) is 2. The summed E-state index contributed by atoms with van der Waals surface area (Å²) in [5, 5.41) is 5.50. The summed E-state index contributed by atoms with van der Waals surface area (Å²) < 4.78 is 5.19. The first kappa shape index (κ1) is 14.4. The molecule has 1 unspecified atom stereocenters. The van der Waals surface area contributed by atoms with E-state index in [1.54, 1.807) is 26.8 Å². The van der Waals surface area contributed by atoms with Crippen LogP contribution in [0.1, 0.15) is 33.3 Å². The van der Waals surface area contributed by atoms with Crippen molar-refractivity contribution in [2.75, 3.05) is 10.6 Å². The van der Waals surface area contributed by atoms with Crippen molar-refractivity contribution in [3.8, 4) is 0 Å². The monoisotopic (exact) mass is 276 g/mol. The largest absolute Gasteiger partial charge is 0.444 e. The zero-order valence-corrected chi connectivity index (χ0v) is 12.2. The van der Waals surface area contributed by atoms with Gasteiger partial charge in [-0.2, -0.15) is 0 Å². The van der Waals surface area contributed by atoms with Gasteiger partial charge in [0.1, 0.15) is 5.60 Å². The minimum atomic E-state index is -0.540. The first-order valence-electron chi connectivity index (χ1n) is 6.68. The SMILES string of the molecule is CC1Cc2ccc(NC(=O)OC(C)(C)C)cc2NC1=O. The third-order valence-electron chi connectivity index (χ3n) is 2.99. The molecule has 2 rings (SSSR count). The Bertz CT molecular complexity index is 547. The quantitative estimate of drug-likeness (QED) is 0.828. The lowest BCUT2D eigenvalue weighted by Gasteiger charge is -2.23. The molecule has 0 aromatic heterocycles. The molecule has 0 saturated carbocycles. The Labute approximate surface area is 118 Å². The van der Waals surface area contributed by atoms with E-state index in [2.05, 4.69) is 10.6 Å². The Hall–Kier alpha value is -2.04. The molecular weight excluding hydrogens is 256 g/mol. The zero-order chi connectivity index (χ0) is 14.9. The number of carbonyl (C=O) groups is 2. The number of anilines is 2. The van der Waals surface area contributed by atoms with Crippen molar-refractivity contribution in [3.63, 3.8) is 0 Å². The highest BCUT2D eigenvalue weighted by molar-refractivity contribution is 5.96. The number of rotatable bonds is 1. The second-order valence-corrected chi connectivity index (χ2v) is 6.09. The lowest BCUT2D eigenvalue weighted by molar-refractivity contribution is -0.119. The van der Waals surface area contributed by atoms with E-state index in [0.717, 1.165) is 11.3 Å². The number of ether oxygens (including phenoxy) is 1. The summed E-state index contributed by atoms with van der Waals surface area (Å²) in [5.74, 6) is -0.0147. The van der Waals surface area contributed by atoms with Crippen molar-refractivity contribution < 1.29 is 14.3 Å². The van der Waals surface area contributed by atoms with Gasteiger partial charge in [-0.1, -0.05) is 13.0 Å². The first-order chi connectivity index (χ1) is 9.24. The Morgan fingerprint density at radius 2 is 2.10 bits per heavy atom. The summed E-state index contributed by atoms with van der Waals surface area (Å²) in [6, 6.07) is 5.48. The number of benzene rings is 1. The molecule has 2 amide bonds. The van der Waals surface area contributed by atoms with Crippen LogP contribution in [0.5, 0.6) is 0 Å². The molecule has 0 aliphatic carbocycles. The number of fused-ring (bicyclic) bond motifs is 1. The van der Waals surface area contributed by atoms with Gasteiger partial charge in [-0.25, -0.2) is 4.79 Å². The van der Waals surface area contributed by atoms with Gasteiger partial charge < -0.3 is 10.1 Å². The Morgan fingerprint density at radius 1 is 1.40 bits per heavy atom. The van der Waals surface area contributed by atoms with Crippen LogP contribution in [0.15, 0.2) is 18.2 Å². The van der Waals surface area contributed by atoms with Crippen LogP contribution in [0.4, 0.5) is 16.2 Å². The number of hydrogen-bond acceptors (Lipinski definition) is 3. The Morgan fingerprint density at radius 3 is 2.75 bits per heavy atom. The van der Waals surface area contributed by atoms with E-state index < -0.39 is 11.7 Å². The fourth-order valence-corrected chi connectivity index (χ4v) is 2.05. The number of carbonyl (C=O) groups excluding carboxylic acids is 2. The van der Waals surface area contributed by atoms with Crippen LogP contribution in [0, 0.1) is 5.92 Å². The molecule has 5 heteroatoms. The van der Waals surface area contributed by atoms with Crippen molar-refractivity contribution in [1.82, 2.24) is 0 Å². The van der Waals surface area contributed by atoms with E-state index >= 15 is 0 Å². The van der Waals surface area contributed by atoms with Crippen molar-refractivity contribution in [2.45, 2.75) is 39.7 Å². The molecule has 0 spiro atoms. The normalized spacial score (nSPS) is 18.0. The van der Waals surface area contributed by atoms with Gasteiger partial charge >= 0.3 is 6.09 Å². The van der Waals surface area contributed by atoms with Crippen molar-refractivity contribution in [1.29, 1.82) is 0 Å². The average molecular weight is 276 g/mol. The maximum atomic E-state index is 11.7. The molecule has 1 aliphatic heterocycles. The third-order valence-corrected chi connectivity index (χ3v) is 2.99. The lowest BCUT2D eigenvalue weighted by Crippen LogP contribution is -2.28. The summed E-state index contributed by atoms with van der Waals surface area (Å²) >= 11 is 0. The van der Waals surface area contributed by atoms with Gasteiger partial charge in [0.2, 0.25) is 5.91 Å². The smallest absolute Gasteiger partial charge is 0.412 e. The molecule has 0 fully saturated rings. The Kier molecular flexibility index (Phi) is 3.70. The van der Waals surface area contributed by atoms with Crippen LogP contribution in [-0.2, 0) is 16.0 Å². The summed E-state index contributed by atoms with van der Waals surface area (Å²) in [6.07, 6.45) is 0.210. The average Bonchev–Trinajstić information content (AvgIpc) is 2.28. The fraction of sp³-hybridized carbons (Fsp3) is 0.467. The molecule has 1 aromatic rings. The highest BCUT2D eigenvalue weighted by Gasteiger charge is 2.22. The zero-order valence-electron chi connectivity index (χ0n) is 12.2. The van der Waals surface area contributed by atoms with E-state index in [0.29, 0.717) is 12.1 Å². The van der Waals surface area contributed by atoms with Crippen LogP contribution >= 0.6 is 0 Å². The van der Waals surface area contributed by atoms with E-state index in [-0.39, 0.29) is 11.8 Å². The van der Waals surface area contributed by atoms with Crippen LogP contribution in [-0.4, -0.2) is 17.6 Å². The molecule has 1 aliphatic rings. The maximum Gasteiger partial charge on any atom is 0.412 e. The standard InChI is InChI=1S/C15H20N2O3/c1-9-7-10-5-6-11(8-12(10)17-13(9)18)16-14(19)20-15(2,3)4/h5-6,8-9H,7H2,1-4H3,(H,16,19)(H,17,18). The molecule has 1 aromatic carbocycles. The Balaban J connectivity index is 2.10. The minimum absolute atomic E-state index is 0.00641. The molecule has 0 saturated heterocycles. The molecule has 0 radical (unpaired) electrons. The van der Waals surface area contributed by atoms with Gasteiger partial charge in [-0.15, -0.1) is 0 Å². The highest BCUT2D eigenvalue weighted by Crippen LogP contribution is 2.28. The second-order valence-electron chi connectivity index (χ2n) is 6.09. The summed E-state index contributed by atoms with van der Waals surface area (Å²) in [5.41, 5.74) is 1.89.